The molecule has 0 N–H and O–H groups in total. The first-order valence-corrected chi connectivity index (χ1v) is 6.44. The number of piperidine rings is 1. The minimum Gasteiger partial charge on any atom is -0.348 e. The van der Waals surface area contributed by atoms with Gasteiger partial charge in [0, 0.05) is 24.3 Å². The van der Waals surface area contributed by atoms with Crippen molar-refractivity contribution in [3.63, 3.8) is 0 Å². The number of aryl methyl sites for hydroxylation is 1. The average Bonchev–Trinajstić information content (AvgIpc) is 2.65. The van der Waals surface area contributed by atoms with Gasteiger partial charge in [0.2, 0.25) is 0 Å². The van der Waals surface area contributed by atoms with E-state index in [0.29, 0.717) is 5.92 Å². The number of rotatable bonds is 2. The first-order valence-electron chi connectivity index (χ1n) is 5.02. The summed E-state index contributed by atoms with van der Waals surface area (Å²) in [5.74, 6) is 1.43. The second kappa shape index (κ2) is 4.49. The molecule has 1 atom stereocenters. The summed E-state index contributed by atoms with van der Waals surface area (Å²) in [6, 6.07) is 0. The summed E-state index contributed by atoms with van der Waals surface area (Å²) in [7, 11) is 0. The summed E-state index contributed by atoms with van der Waals surface area (Å²) >= 11 is 7.63. The molecule has 1 aliphatic rings. The van der Waals surface area contributed by atoms with Gasteiger partial charge >= 0.3 is 0 Å². The van der Waals surface area contributed by atoms with E-state index in [1.807, 2.05) is 6.92 Å². The van der Waals surface area contributed by atoms with E-state index in [1.165, 1.54) is 12.8 Å². The first-order chi connectivity index (χ1) is 6.79. The third-order valence-electron chi connectivity index (χ3n) is 2.61. The maximum atomic E-state index is 5.89. The Hall–Kier alpha value is -0.280. The number of thiazole rings is 1. The van der Waals surface area contributed by atoms with E-state index in [0.717, 1.165) is 29.8 Å². The highest BCUT2D eigenvalue weighted by atomic mass is 35.5. The van der Waals surface area contributed by atoms with E-state index in [1.54, 1.807) is 11.3 Å². The van der Waals surface area contributed by atoms with E-state index in [2.05, 4.69) is 15.3 Å². The van der Waals surface area contributed by atoms with Crippen LogP contribution in [-0.4, -0.2) is 24.0 Å². The Morgan fingerprint density at radius 1 is 1.71 bits per heavy atom. The minimum atomic E-state index is 0.648. The summed E-state index contributed by atoms with van der Waals surface area (Å²) in [4.78, 5) is 6.87. The quantitative estimate of drug-likeness (QED) is 0.727. The standard InChI is InChI=1S/C10H15ClN2S/c1-8-7-14-10(12-8)13-4-2-3-9(5-11)6-13/h7,9H,2-6H2,1H3. The second-order valence-electron chi connectivity index (χ2n) is 3.88. The third-order valence-corrected chi connectivity index (χ3v) is 4.07. The lowest BCUT2D eigenvalue weighted by molar-refractivity contribution is 0.450. The van der Waals surface area contributed by atoms with Gasteiger partial charge in [0.1, 0.15) is 0 Å². The molecule has 2 rings (SSSR count). The molecule has 1 unspecified atom stereocenters. The molecule has 78 valence electrons. The van der Waals surface area contributed by atoms with Crippen LogP contribution >= 0.6 is 22.9 Å². The molecule has 1 aromatic rings. The van der Waals surface area contributed by atoms with Crippen molar-refractivity contribution in [3.8, 4) is 0 Å². The molecule has 1 aliphatic heterocycles. The minimum absolute atomic E-state index is 0.648. The van der Waals surface area contributed by atoms with Gasteiger partial charge < -0.3 is 4.90 Å². The summed E-state index contributed by atoms with van der Waals surface area (Å²) in [6.45, 7) is 4.26. The first kappa shape index (κ1) is 10.2. The number of hydrogen-bond acceptors (Lipinski definition) is 3. The normalized spacial score (nSPS) is 22.7. The van der Waals surface area contributed by atoms with Crippen molar-refractivity contribution in [2.24, 2.45) is 5.92 Å². The summed E-state index contributed by atoms with van der Waals surface area (Å²) in [5, 5.41) is 3.27. The van der Waals surface area contributed by atoms with Crippen LogP contribution in [0.4, 0.5) is 5.13 Å². The number of hydrogen-bond donors (Lipinski definition) is 0. The fourth-order valence-electron chi connectivity index (χ4n) is 1.85. The molecule has 0 aliphatic carbocycles. The van der Waals surface area contributed by atoms with E-state index in [-0.39, 0.29) is 0 Å². The summed E-state index contributed by atoms with van der Waals surface area (Å²) in [6.07, 6.45) is 2.51. The van der Waals surface area contributed by atoms with Gasteiger partial charge in [0.15, 0.2) is 5.13 Å². The number of nitrogens with zero attached hydrogens (tertiary/aromatic N) is 2. The molecule has 2 nitrogen and oxygen atoms in total. The maximum absolute atomic E-state index is 5.89. The molecule has 14 heavy (non-hydrogen) atoms. The number of anilines is 1. The second-order valence-corrected chi connectivity index (χ2v) is 5.03. The van der Waals surface area contributed by atoms with Gasteiger partial charge in [-0.1, -0.05) is 0 Å². The SMILES string of the molecule is Cc1csc(N2CCCC(CCl)C2)n1. The predicted octanol–water partition coefficient (Wildman–Crippen LogP) is 2.91. The van der Waals surface area contributed by atoms with Gasteiger partial charge in [-0.05, 0) is 25.7 Å². The van der Waals surface area contributed by atoms with Crippen LogP contribution in [0.3, 0.4) is 0 Å². The lowest BCUT2D eigenvalue weighted by Crippen LogP contribution is -2.35. The van der Waals surface area contributed by atoms with Crippen molar-refractivity contribution in [1.29, 1.82) is 0 Å². The van der Waals surface area contributed by atoms with E-state index in [9.17, 15) is 0 Å². The molecule has 1 fully saturated rings. The van der Waals surface area contributed by atoms with E-state index >= 15 is 0 Å². The van der Waals surface area contributed by atoms with Crippen molar-refractivity contribution < 1.29 is 0 Å². The fourth-order valence-corrected chi connectivity index (χ4v) is 2.94. The zero-order valence-corrected chi connectivity index (χ0v) is 9.94. The van der Waals surface area contributed by atoms with E-state index in [4.69, 9.17) is 11.6 Å². The van der Waals surface area contributed by atoms with Gasteiger partial charge in [-0.2, -0.15) is 0 Å². The van der Waals surface area contributed by atoms with Crippen LogP contribution in [0.25, 0.3) is 0 Å². The highest BCUT2D eigenvalue weighted by Crippen LogP contribution is 2.26. The Morgan fingerprint density at radius 3 is 3.21 bits per heavy atom. The van der Waals surface area contributed by atoms with Crippen LogP contribution in [0.1, 0.15) is 18.5 Å². The summed E-state index contributed by atoms with van der Waals surface area (Å²) in [5.41, 5.74) is 1.12. The topological polar surface area (TPSA) is 16.1 Å². The van der Waals surface area contributed by atoms with Crippen LogP contribution in [0.2, 0.25) is 0 Å². The Kier molecular flexibility index (Phi) is 3.29. The van der Waals surface area contributed by atoms with Crippen LogP contribution in [0, 0.1) is 12.8 Å². The van der Waals surface area contributed by atoms with Gasteiger partial charge in [-0.25, -0.2) is 4.98 Å². The fraction of sp³-hybridized carbons (Fsp3) is 0.700. The molecule has 4 heteroatoms. The Balaban J connectivity index is 2.04. The Bertz CT molecular complexity index is 300. The van der Waals surface area contributed by atoms with E-state index < -0.39 is 0 Å². The summed E-state index contributed by atoms with van der Waals surface area (Å²) < 4.78 is 0. The van der Waals surface area contributed by atoms with Crippen molar-refractivity contribution in [2.75, 3.05) is 23.9 Å². The van der Waals surface area contributed by atoms with Crippen LogP contribution in [-0.2, 0) is 0 Å². The van der Waals surface area contributed by atoms with Gasteiger partial charge in [0.25, 0.3) is 0 Å². The molecule has 0 spiro atoms. The Labute approximate surface area is 93.9 Å². The molecule has 2 heterocycles. The Morgan fingerprint density at radius 2 is 2.57 bits per heavy atom. The zero-order chi connectivity index (χ0) is 9.97. The molecule has 1 saturated heterocycles. The molecular weight excluding hydrogens is 216 g/mol. The van der Waals surface area contributed by atoms with Crippen LogP contribution < -0.4 is 4.90 Å². The maximum Gasteiger partial charge on any atom is 0.185 e. The zero-order valence-electron chi connectivity index (χ0n) is 8.37. The molecule has 0 bridgehead atoms. The van der Waals surface area contributed by atoms with Crippen molar-refractivity contribution >= 4 is 28.1 Å². The lowest BCUT2D eigenvalue weighted by Gasteiger charge is -2.31. The molecule has 0 saturated carbocycles. The van der Waals surface area contributed by atoms with Gasteiger partial charge in [-0.15, -0.1) is 22.9 Å². The van der Waals surface area contributed by atoms with Gasteiger partial charge in [-0.3, -0.25) is 0 Å². The highest BCUT2D eigenvalue weighted by molar-refractivity contribution is 7.13. The number of aromatic nitrogens is 1. The third kappa shape index (κ3) is 2.20. The van der Waals surface area contributed by atoms with Crippen molar-refractivity contribution in [3.05, 3.63) is 11.1 Å². The average molecular weight is 231 g/mol. The largest absolute Gasteiger partial charge is 0.348 e. The number of alkyl halides is 1. The van der Waals surface area contributed by atoms with Crippen molar-refractivity contribution in [1.82, 2.24) is 4.98 Å². The molecule has 0 aromatic carbocycles. The van der Waals surface area contributed by atoms with Crippen LogP contribution in [0.5, 0.6) is 0 Å². The van der Waals surface area contributed by atoms with Gasteiger partial charge in [0.05, 0.1) is 5.69 Å². The molecule has 1 aromatic heterocycles. The monoisotopic (exact) mass is 230 g/mol. The van der Waals surface area contributed by atoms with Crippen LogP contribution in [0.15, 0.2) is 5.38 Å². The predicted molar refractivity (Wildman–Crippen MR) is 62.5 cm³/mol. The lowest BCUT2D eigenvalue weighted by atomic mass is 10.0. The smallest absolute Gasteiger partial charge is 0.185 e. The molecule has 0 radical (unpaired) electrons. The highest BCUT2D eigenvalue weighted by Gasteiger charge is 2.20. The number of halogens is 1. The molecule has 0 amide bonds. The van der Waals surface area contributed by atoms with Crippen molar-refractivity contribution in [2.45, 2.75) is 19.8 Å². The molecular formula is C10H15ClN2S.